The molecule has 1 atom stereocenters. The molecule has 5 nitrogen and oxygen atoms in total. The molecule has 1 aliphatic carbocycles. The van der Waals surface area contributed by atoms with Crippen molar-refractivity contribution in [1.29, 1.82) is 0 Å². The van der Waals surface area contributed by atoms with Gasteiger partial charge in [-0.25, -0.2) is 9.87 Å². The number of rotatable bonds is 2. The second-order valence-corrected chi connectivity index (χ2v) is 7.42. The minimum Gasteiger partial charge on any atom is -0.317 e. The van der Waals surface area contributed by atoms with Crippen LogP contribution in [0.4, 0.5) is 4.39 Å². The highest BCUT2D eigenvalue weighted by Crippen LogP contribution is 2.51. The molecular weight excluding hydrogens is 309 g/mol. The first-order valence-corrected chi connectivity index (χ1v) is 8.83. The van der Waals surface area contributed by atoms with Gasteiger partial charge in [0.2, 0.25) is 0 Å². The largest absolute Gasteiger partial charge is 0.317 e. The number of hydrogen-bond acceptors (Lipinski definition) is 4. The van der Waals surface area contributed by atoms with Crippen LogP contribution in [0.5, 0.6) is 0 Å². The summed E-state index contributed by atoms with van der Waals surface area (Å²) in [4.78, 5) is 14.0. The molecule has 0 radical (unpaired) electrons. The lowest BCUT2D eigenvalue weighted by atomic mass is 9.58. The van der Waals surface area contributed by atoms with E-state index in [0.717, 1.165) is 31.6 Å². The van der Waals surface area contributed by atoms with E-state index < -0.39 is 5.91 Å². The third-order valence-corrected chi connectivity index (χ3v) is 6.34. The Hall–Kier alpha value is -1.50. The fourth-order valence-electron chi connectivity index (χ4n) is 4.86. The van der Waals surface area contributed by atoms with Crippen molar-refractivity contribution < 1.29 is 14.4 Å². The molecule has 1 amide bonds. The van der Waals surface area contributed by atoms with Crippen molar-refractivity contribution >= 4 is 5.91 Å². The number of benzene rings is 1. The Morgan fingerprint density at radius 2 is 2.12 bits per heavy atom. The Balaban J connectivity index is 1.55. The Labute approximate surface area is 141 Å². The predicted octanol–water partition coefficient (Wildman–Crippen LogP) is 1.83. The fourth-order valence-corrected chi connectivity index (χ4v) is 4.86. The van der Waals surface area contributed by atoms with E-state index in [1.54, 1.807) is 11.5 Å². The molecule has 3 N–H and O–H groups in total. The zero-order valence-corrected chi connectivity index (χ0v) is 13.8. The summed E-state index contributed by atoms with van der Waals surface area (Å²) >= 11 is 0. The van der Waals surface area contributed by atoms with Gasteiger partial charge in [-0.3, -0.25) is 14.9 Å². The molecule has 3 aliphatic rings. The smallest absolute Gasteiger partial charge is 0.274 e. The first kappa shape index (κ1) is 16.0. The van der Waals surface area contributed by atoms with Crippen LogP contribution in [0.3, 0.4) is 0 Å². The van der Waals surface area contributed by atoms with Crippen molar-refractivity contribution in [3.05, 3.63) is 34.6 Å². The van der Waals surface area contributed by atoms with Crippen LogP contribution in [-0.2, 0) is 13.0 Å². The maximum atomic E-state index is 14.5. The molecule has 2 heterocycles. The van der Waals surface area contributed by atoms with E-state index in [1.165, 1.54) is 31.7 Å². The third-order valence-electron chi connectivity index (χ3n) is 6.34. The van der Waals surface area contributed by atoms with Crippen LogP contribution in [0, 0.1) is 11.2 Å². The van der Waals surface area contributed by atoms with Gasteiger partial charge in [-0.05, 0) is 68.3 Å². The quantitative estimate of drug-likeness (QED) is 0.571. The van der Waals surface area contributed by atoms with E-state index in [-0.39, 0.29) is 11.4 Å². The number of hydroxylamine groups is 1. The predicted molar refractivity (Wildman–Crippen MR) is 87.3 cm³/mol. The Morgan fingerprint density at radius 3 is 2.79 bits per heavy atom. The highest BCUT2D eigenvalue weighted by molar-refractivity contribution is 5.93. The summed E-state index contributed by atoms with van der Waals surface area (Å²) in [6.07, 6.45) is 5.70. The summed E-state index contributed by atoms with van der Waals surface area (Å²) in [6, 6.07) is 3.50. The minimum atomic E-state index is -0.660. The molecule has 1 spiro atoms. The zero-order valence-electron chi connectivity index (χ0n) is 13.8. The number of carbonyl (C=O) groups excluding carboxylic acids is 1. The molecule has 1 aromatic rings. The van der Waals surface area contributed by atoms with E-state index in [2.05, 4.69) is 10.2 Å². The number of hydrogen-bond donors (Lipinski definition) is 3. The van der Waals surface area contributed by atoms with Crippen LogP contribution in [0.25, 0.3) is 0 Å². The first-order valence-electron chi connectivity index (χ1n) is 8.83. The van der Waals surface area contributed by atoms with Crippen LogP contribution in [-0.4, -0.2) is 41.7 Å². The van der Waals surface area contributed by atoms with Gasteiger partial charge in [-0.2, -0.15) is 0 Å². The van der Waals surface area contributed by atoms with Crippen molar-refractivity contribution in [3.8, 4) is 0 Å². The summed E-state index contributed by atoms with van der Waals surface area (Å²) in [5.74, 6) is -0.999. The summed E-state index contributed by atoms with van der Waals surface area (Å²) in [5.41, 5.74) is 3.79. The van der Waals surface area contributed by atoms with Gasteiger partial charge >= 0.3 is 0 Å². The van der Waals surface area contributed by atoms with Crippen molar-refractivity contribution in [2.45, 2.75) is 44.7 Å². The number of carbonyl (C=O) groups is 1. The molecule has 1 saturated heterocycles. The number of nitrogens with one attached hydrogen (secondary N) is 2. The molecule has 4 rings (SSSR count). The van der Waals surface area contributed by atoms with Gasteiger partial charge in [-0.15, -0.1) is 0 Å². The lowest BCUT2D eigenvalue weighted by molar-refractivity contribution is -0.0546. The molecule has 130 valence electrons. The molecule has 2 aliphatic heterocycles. The standard InChI is InChI=1S/C18H24FN3O2/c19-15-10-13(17(23)21-24)9-12-2-8-22(11-14(12)15)16-1-3-18(16)4-6-20-7-5-18/h9-10,16,20,24H,1-8,11H2,(H,21,23). The summed E-state index contributed by atoms with van der Waals surface area (Å²) < 4.78 is 14.5. The normalized spacial score (nSPS) is 25.8. The number of halogens is 1. The summed E-state index contributed by atoms with van der Waals surface area (Å²) in [7, 11) is 0. The molecule has 24 heavy (non-hydrogen) atoms. The van der Waals surface area contributed by atoms with Gasteiger partial charge in [0, 0.05) is 30.3 Å². The zero-order chi connectivity index (χ0) is 16.7. The van der Waals surface area contributed by atoms with Gasteiger partial charge in [0.05, 0.1) is 0 Å². The highest BCUT2D eigenvalue weighted by atomic mass is 19.1. The van der Waals surface area contributed by atoms with E-state index in [4.69, 9.17) is 5.21 Å². The van der Waals surface area contributed by atoms with Crippen molar-refractivity contribution in [1.82, 2.24) is 15.7 Å². The maximum absolute atomic E-state index is 14.5. The fraction of sp³-hybridized carbons (Fsp3) is 0.611. The molecule has 6 heteroatoms. The molecule has 0 bridgehead atoms. The van der Waals surface area contributed by atoms with Gasteiger partial charge in [-0.1, -0.05) is 0 Å². The van der Waals surface area contributed by atoms with Crippen LogP contribution in [0.15, 0.2) is 12.1 Å². The van der Waals surface area contributed by atoms with Crippen LogP contribution >= 0.6 is 0 Å². The van der Waals surface area contributed by atoms with E-state index in [9.17, 15) is 9.18 Å². The topological polar surface area (TPSA) is 64.6 Å². The maximum Gasteiger partial charge on any atom is 0.274 e. The SMILES string of the molecule is O=C(NO)c1cc(F)c2c(c1)CCN(C1CCC13CCNCC3)C2. The van der Waals surface area contributed by atoms with Crippen LogP contribution in [0.1, 0.15) is 47.2 Å². The van der Waals surface area contributed by atoms with Crippen molar-refractivity contribution in [2.24, 2.45) is 5.41 Å². The Bertz CT molecular complexity index is 658. The van der Waals surface area contributed by atoms with Crippen LogP contribution < -0.4 is 10.8 Å². The molecule has 1 unspecified atom stereocenters. The number of amides is 1. The average Bonchev–Trinajstić information content (AvgIpc) is 2.61. The number of piperidine rings is 1. The van der Waals surface area contributed by atoms with E-state index in [1.807, 2.05) is 0 Å². The number of nitrogens with zero attached hydrogens (tertiary/aromatic N) is 1. The molecule has 1 aromatic carbocycles. The second-order valence-electron chi connectivity index (χ2n) is 7.42. The van der Waals surface area contributed by atoms with Gasteiger partial charge < -0.3 is 5.32 Å². The third kappa shape index (κ3) is 2.53. The minimum absolute atomic E-state index is 0.181. The van der Waals surface area contributed by atoms with E-state index >= 15 is 0 Å². The van der Waals surface area contributed by atoms with Crippen molar-refractivity contribution in [3.63, 3.8) is 0 Å². The molecule has 1 saturated carbocycles. The van der Waals surface area contributed by atoms with Gasteiger partial charge in [0.25, 0.3) is 5.91 Å². The highest BCUT2D eigenvalue weighted by Gasteiger charge is 2.49. The van der Waals surface area contributed by atoms with Crippen LogP contribution in [0.2, 0.25) is 0 Å². The monoisotopic (exact) mass is 333 g/mol. The lowest BCUT2D eigenvalue weighted by Crippen LogP contribution is -2.59. The second kappa shape index (κ2) is 6.10. The average molecular weight is 333 g/mol. The Kier molecular flexibility index (Phi) is 4.06. The summed E-state index contributed by atoms with van der Waals surface area (Å²) in [5, 5.41) is 12.2. The molecule has 2 fully saturated rings. The molecule has 0 aromatic heterocycles. The van der Waals surface area contributed by atoms with Gasteiger partial charge in [0.1, 0.15) is 5.82 Å². The van der Waals surface area contributed by atoms with Gasteiger partial charge in [0.15, 0.2) is 0 Å². The lowest BCUT2D eigenvalue weighted by Gasteiger charge is -2.57. The first-order chi connectivity index (χ1) is 11.6. The summed E-state index contributed by atoms with van der Waals surface area (Å²) in [6.45, 7) is 3.72. The Morgan fingerprint density at radius 1 is 1.33 bits per heavy atom. The van der Waals surface area contributed by atoms with E-state index in [0.29, 0.717) is 23.6 Å². The number of fused-ring (bicyclic) bond motifs is 1. The van der Waals surface area contributed by atoms with Crippen molar-refractivity contribution in [2.75, 3.05) is 19.6 Å². The molecular formula is C18H24FN3O2.